The zero-order chi connectivity index (χ0) is 21.5. The first-order valence-electron chi connectivity index (χ1n) is 9.66. The van der Waals surface area contributed by atoms with Gasteiger partial charge in [0.2, 0.25) is 0 Å². The highest BCUT2D eigenvalue weighted by atomic mass is 19.4. The molecule has 0 N–H and O–H groups in total. The van der Waals surface area contributed by atoms with Crippen molar-refractivity contribution in [1.29, 1.82) is 0 Å². The van der Waals surface area contributed by atoms with Gasteiger partial charge >= 0.3 is 6.18 Å². The first-order valence-corrected chi connectivity index (χ1v) is 9.66. The molecule has 4 heterocycles. The second kappa shape index (κ2) is 7.78. The number of fused-ring (bicyclic) bond motifs is 2. The van der Waals surface area contributed by atoms with E-state index in [9.17, 15) is 13.2 Å². The summed E-state index contributed by atoms with van der Waals surface area (Å²) >= 11 is 0. The van der Waals surface area contributed by atoms with Crippen LogP contribution in [-0.4, -0.2) is 49.8 Å². The Bertz CT molecular complexity index is 1080. The van der Waals surface area contributed by atoms with Crippen LogP contribution in [0.5, 0.6) is 0 Å². The third kappa shape index (κ3) is 3.69. The van der Waals surface area contributed by atoms with Gasteiger partial charge < -0.3 is 9.64 Å². The lowest BCUT2D eigenvalue weighted by Crippen LogP contribution is -2.34. The Balaban J connectivity index is 1.76. The number of rotatable bonds is 5. The molecule has 0 atom stereocenters. The van der Waals surface area contributed by atoms with Crippen LogP contribution in [0.3, 0.4) is 0 Å². The minimum absolute atomic E-state index is 0.0267. The molecule has 0 aromatic carbocycles. The summed E-state index contributed by atoms with van der Waals surface area (Å²) in [7, 11) is 1.64. The van der Waals surface area contributed by atoms with Crippen molar-refractivity contribution < 1.29 is 17.9 Å². The number of alkyl halides is 3. The van der Waals surface area contributed by atoms with Gasteiger partial charge in [-0.15, -0.1) is 0 Å². The number of nitrogens with zero attached hydrogens (tertiary/aromatic N) is 7. The minimum atomic E-state index is -4.54. The second-order valence-corrected chi connectivity index (χ2v) is 7.26. The Hall–Kier alpha value is -2.82. The average Bonchev–Trinajstić information content (AvgIpc) is 3.02. The van der Waals surface area contributed by atoms with Gasteiger partial charge in [-0.1, -0.05) is 0 Å². The fourth-order valence-corrected chi connectivity index (χ4v) is 3.88. The Kier molecular flexibility index (Phi) is 5.31. The fraction of sp³-hybridized carbons (Fsp3) is 0.526. The molecule has 4 rings (SSSR count). The molecule has 0 fully saturated rings. The monoisotopic (exact) mass is 421 g/mol. The molecule has 11 heteroatoms. The van der Waals surface area contributed by atoms with E-state index < -0.39 is 11.9 Å². The molecular formula is C19H22F3N7O. The first-order chi connectivity index (χ1) is 14.3. The summed E-state index contributed by atoms with van der Waals surface area (Å²) in [4.78, 5) is 18.8. The van der Waals surface area contributed by atoms with Crippen LogP contribution < -0.4 is 4.90 Å². The molecule has 1 aliphatic heterocycles. The second-order valence-electron chi connectivity index (χ2n) is 7.26. The largest absolute Gasteiger partial charge is 0.433 e. The summed E-state index contributed by atoms with van der Waals surface area (Å²) in [6.45, 7) is 4.43. The Morgan fingerprint density at radius 3 is 2.70 bits per heavy atom. The highest BCUT2D eigenvalue weighted by molar-refractivity contribution is 5.72. The summed E-state index contributed by atoms with van der Waals surface area (Å²) in [5, 5.41) is 4.28. The molecule has 0 radical (unpaired) electrons. The quantitative estimate of drug-likeness (QED) is 0.586. The van der Waals surface area contributed by atoms with E-state index >= 15 is 0 Å². The molecule has 0 spiro atoms. The van der Waals surface area contributed by atoms with E-state index in [-0.39, 0.29) is 17.9 Å². The van der Waals surface area contributed by atoms with Crippen molar-refractivity contribution in [3.05, 3.63) is 40.6 Å². The van der Waals surface area contributed by atoms with Crippen molar-refractivity contribution in [3.63, 3.8) is 0 Å². The highest BCUT2D eigenvalue weighted by Crippen LogP contribution is 2.35. The zero-order valence-corrected chi connectivity index (χ0v) is 17.0. The number of halogens is 3. The van der Waals surface area contributed by atoms with E-state index in [0.717, 1.165) is 17.6 Å². The molecule has 0 unspecified atom stereocenters. The van der Waals surface area contributed by atoms with E-state index in [1.54, 1.807) is 11.6 Å². The lowest BCUT2D eigenvalue weighted by Gasteiger charge is -2.31. The summed E-state index contributed by atoms with van der Waals surface area (Å²) in [5.41, 5.74) is 1.21. The van der Waals surface area contributed by atoms with Crippen molar-refractivity contribution in [2.45, 2.75) is 45.8 Å². The number of anilines is 1. The molecule has 0 amide bonds. The minimum Gasteiger partial charge on any atom is -0.385 e. The Morgan fingerprint density at radius 2 is 1.97 bits per heavy atom. The van der Waals surface area contributed by atoms with E-state index in [1.165, 1.54) is 13.3 Å². The predicted octanol–water partition coefficient (Wildman–Crippen LogP) is 2.69. The number of aryl methyl sites for hydroxylation is 3. The highest BCUT2D eigenvalue weighted by Gasteiger charge is 2.39. The van der Waals surface area contributed by atoms with Gasteiger partial charge in [0.1, 0.15) is 23.5 Å². The van der Waals surface area contributed by atoms with Gasteiger partial charge in [-0.3, -0.25) is 0 Å². The van der Waals surface area contributed by atoms with Crippen molar-refractivity contribution >= 4 is 11.3 Å². The molecule has 3 aromatic heterocycles. The fourth-order valence-electron chi connectivity index (χ4n) is 3.88. The standard InChI is InChI=1S/C19H22F3N7O/c1-11-25-14-6-7-28(9-13(14)17(26-11)19(20,21)22)18-16-15(5-4-8-30-3)27-12(2)29(16)24-10-23-18/h10H,4-9H2,1-3H3. The summed E-state index contributed by atoms with van der Waals surface area (Å²) in [5.74, 6) is 1.40. The number of imidazole rings is 1. The lowest BCUT2D eigenvalue weighted by atomic mass is 10.0. The van der Waals surface area contributed by atoms with Crippen LogP contribution in [-0.2, 0) is 30.3 Å². The van der Waals surface area contributed by atoms with Crippen LogP contribution in [0.4, 0.5) is 19.0 Å². The van der Waals surface area contributed by atoms with Gasteiger partial charge in [0.05, 0.1) is 11.4 Å². The maximum atomic E-state index is 13.6. The smallest absolute Gasteiger partial charge is 0.385 e. The third-order valence-corrected chi connectivity index (χ3v) is 5.15. The van der Waals surface area contributed by atoms with Crippen LogP contribution in [0.1, 0.15) is 40.7 Å². The molecule has 0 aliphatic carbocycles. The molecule has 3 aromatic rings. The van der Waals surface area contributed by atoms with Gasteiger partial charge in [-0.2, -0.15) is 18.3 Å². The van der Waals surface area contributed by atoms with E-state index in [2.05, 4.69) is 25.0 Å². The average molecular weight is 421 g/mol. The molecular weight excluding hydrogens is 399 g/mol. The SMILES string of the molecule is COCCCc1nc(C)n2ncnc(N3CCc4nc(C)nc(C(F)(F)F)c4C3)c12. The number of ether oxygens (including phenoxy) is 1. The number of hydrogen-bond acceptors (Lipinski definition) is 7. The lowest BCUT2D eigenvalue weighted by molar-refractivity contribution is -0.142. The summed E-state index contributed by atoms with van der Waals surface area (Å²) in [6, 6.07) is 0. The van der Waals surface area contributed by atoms with Gasteiger partial charge in [0.15, 0.2) is 11.5 Å². The topological polar surface area (TPSA) is 81.3 Å². The van der Waals surface area contributed by atoms with E-state index in [1.807, 2.05) is 11.8 Å². The molecule has 8 nitrogen and oxygen atoms in total. The van der Waals surface area contributed by atoms with Crippen LogP contribution in [0.25, 0.3) is 5.52 Å². The summed E-state index contributed by atoms with van der Waals surface area (Å²) in [6.07, 6.45) is -1.33. The van der Waals surface area contributed by atoms with Crippen molar-refractivity contribution in [3.8, 4) is 0 Å². The Morgan fingerprint density at radius 1 is 1.17 bits per heavy atom. The molecule has 0 saturated carbocycles. The predicted molar refractivity (Wildman–Crippen MR) is 102 cm³/mol. The normalized spacial score (nSPS) is 14.4. The van der Waals surface area contributed by atoms with Crippen LogP contribution in [0, 0.1) is 13.8 Å². The third-order valence-electron chi connectivity index (χ3n) is 5.15. The van der Waals surface area contributed by atoms with Gasteiger partial charge in [0.25, 0.3) is 0 Å². The van der Waals surface area contributed by atoms with Crippen molar-refractivity contribution in [2.75, 3.05) is 25.2 Å². The molecule has 0 saturated heterocycles. The zero-order valence-electron chi connectivity index (χ0n) is 17.0. The molecule has 0 bridgehead atoms. The van der Waals surface area contributed by atoms with Crippen molar-refractivity contribution in [1.82, 2.24) is 29.5 Å². The van der Waals surface area contributed by atoms with Crippen LogP contribution >= 0.6 is 0 Å². The van der Waals surface area contributed by atoms with Gasteiger partial charge in [0, 0.05) is 38.8 Å². The van der Waals surface area contributed by atoms with Gasteiger partial charge in [-0.25, -0.2) is 24.5 Å². The number of aromatic nitrogens is 6. The van der Waals surface area contributed by atoms with Gasteiger partial charge in [-0.05, 0) is 26.7 Å². The van der Waals surface area contributed by atoms with E-state index in [4.69, 9.17) is 4.74 Å². The number of hydrogen-bond donors (Lipinski definition) is 0. The Labute approximate surface area is 171 Å². The molecule has 160 valence electrons. The maximum Gasteiger partial charge on any atom is 0.433 e. The number of methoxy groups -OCH3 is 1. The van der Waals surface area contributed by atoms with Crippen LogP contribution in [0.2, 0.25) is 0 Å². The summed E-state index contributed by atoms with van der Waals surface area (Å²) < 4.78 is 47.7. The van der Waals surface area contributed by atoms with E-state index in [0.29, 0.717) is 43.3 Å². The first kappa shape index (κ1) is 20.5. The van der Waals surface area contributed by atoms with Crippen LogP contribution in [0.15, 0.2) is 6.33 Å². The maximum absolute atomic E-state index is 13.6. The molecule has 1 aliphatic rings. The van der Waals surface area contributed by atoms with Crippen molar-refractivity contribution in [2.24, 2.45) is 0 Å². The molecule has 30 heavy (non-hydrogen) atoms.